The average Bonchev–Trinajstić information content (AvgIpc) is 2.34. The number of allylic oxidation sites excluding steroid dienone is 1. The van der Waals surface area contributed by atoms with Crippen molar-refractivity contribution < 1.29 is 8.78 Å². The summed E-state index contributed by atoms with van der Waals surface area (Å²) < 4.78 is 23.4. The summed E-state index contributed by atoms with van der Waals surface area (Å²) in [5, 5.41) is 0. The van der Waals surface area contributed by atoms with Crippen LogP contribution in [-0.4, -0.2) is 0 Å². The molecule has 0 amide bonds. The molecule has 0 aromatic heterocycles. The smallest absolute Gasteiger partial charge is 0.174 e. The van der Waals surface area contributed by atoms with Crippen molar-refractivity contribution in [2.24, 2.45) is 0 Å². The Morgan fingerprint density at radius 2 is 1.06 bits per heavy atom. The molecule has 0 spiro atoms. The second kappa shape index (κ2) is 14.7. The Kier molecular flexibility index (Phi) is 14.3. The van der Waals surface area contributed by atoms with Gasteiger partial charge >= 0.3 is 0 Å². The Labute approximate surface area is 112 Å². The van der Waals surface area contributed by atoms with Gasteiger partial charge in [-0.1, -0.05) is 77.6 Å². The van der Waals surface area contributed by atoms with E-state index in [9.17, 15) is 8.78 Å². The second-order valence-corrected chi connectivity index (χ2v) is 5.17. The lowest BCUT2D eigenvalue weighted by Gasteiger charge is -2.02. The van der Waals surface area contributed by atoms with Crippen molar-refractivity contribution in [2.75, 3.05) is 0 Å². The highest BCUT2D eigenvalue weighted by Crippen LogP contribution is 2.13. The third kappa shape index (κ3) is 15.6. The van der Waals surface area contributed by atoms with E-state index in [-0.39, 0.29) is 0 Å². The molecule has 0 nitrogen and oxygen atoms in total. The van der Waals surface area contributed by atoms with Crippen LogP contribution in [0.2, 0.25) is 0 Å². The minimum atomic E-state index is -1.53. The Hall–Kier alpha value is -0.400. The van der Waals surface area contributed by atoms with Crippen LogP contribution in [0.3, 0.4) is 0 Å². The van der Waals surface area contributed by atoms with E-state index < -0.39 is 6.08 Å². The predicted octanol–water partition coefficient (Wildman–Crippen LogP) is 6.86. The molecule has 0 aromatic carbocycles. The maximum atomic E-state index is 11.7. The maximum absolute atomic E-state index is 11.7. The van der Waals surface area contributed by atoms with Gasteiger partial charge in [-0.2, -0.15) is 8.78 Å². The summed E-state index contributed by atoms with van der Waals surface area (Å²) in [4.78, 5) is 0. The Balaban J connectivity index is 2.97. The monoisotopic (exact) mass is 260 g/mol. The minimum absolute atomic E-state index is 0.541. The van der Waals surface area contributed by atoms with Crippen LogP contribution in [0.4, 0.5) is 8.78 Å². The molecule has 108 valence electrons. The quantitative estimate of drug-likeness (QED) is 0.317. The largest absolute Gasteiger partial charge is 0.266 e. The molecule has 0 fully saturated rings. The van der Waals surface area contributed by atoms with Gasteiger partial charge in [-0.05, 0) is 18.9 Å². The molecule has 0 saturated carbocycles. The molecular formula is C16H30F2. The second-order valence-electron chi connectivity index (χ2n) is 5.17. The molecule has 0 atom stereocenters. The topological polar surface area (TPSA) is 0 Å². The summed E-state index contributed by atoms with van der Waals surface area (Å²) in [5.41, 5.74) is 0. The summed E-state index contributed by atoms with van der Waals surface area (Å²) in [7, 11) is 0. The van der Waals surface area contributed by atoms with Crippen LogP contribution >= 0.6 is 0 Å². The van der Waals surface area contributed by atoms with Crippen molar-refractivity contribution in [2.45, 2.75) is 90.4 Å². The predicted molar refractivity (Wildman–Crippen MR) is 76.0 cm³/mol. The normalized spacial score (nSPS) is 10.6. The highest BCUT2D eigenvalue weighted by atomic mass is 19.3. The van der Waals surface area contributed by atoms with Gasteiger partial charge in [0.1, 0.15) is 0 Å². The van der Waals surface area contributed by atoms with Crippen LogP contribution in [-0.2, 0) is 0 Å². The van der Waals surface area contributed by atoms with Crippen LogP contribution < -0.4 is 0 Å². The molecule has 0 aliphatic carbocycles. The van der Waals surface area contributed by atoms with Crippen LogP contribution in [0.15, 0.2) is 12.2 Å². The lowest BCUT2D eigenvalue weighted by atomic mass is 10.0. The van der Waals surface area contributed by atoms with Gasteiger partial charge in [0.25, 0.3) is 6.08 Å². The molecule has 0 aliphatic rings. The summed E-state index contributed by atoms with van der Waals surface area (Å²) in [6.07, 6.45) is 15.5. The summed E-state index contributed by atoms with van der Waals surface area (Å²) in [5.74, 6) is 0. The SMILES string of the molecule is CCCCCCCCCCCCCCC=C(F)F. The first kappa shape index (κ1) is 17.6. The first-order valence-corrected chi connectivity index (χ1v) is 7.78. The van der Waals surface area contributed by atoms with Gasteiger partial charge < -0.3 is 0 Å². The average molecular weight is 260 g/mol. The van der Waals surface area contributed by atoms with Gasteiger partial charge in [0.05, 0.1) is 0 Å². The van der Waals surface area contributed by atoms with Gasteiger partial charge in [0.2, 0.25) is 0 Å². The zero-order valence-electron chi connectivity index (χ0n) is 12.0. The van der Waals surface area contributed by atoms with E-state index in [2.05, 4.69) is 6.92 Å². The fraction of sp³-hybridized carbons (Fsp3) is 0.875. The summed E-state index contributed by atoms with van der Waals surface area (Å²) >= 11 is 0. The van der Waals surface area contributed by atoms with E-state index in [4.69, 9.17) is 0 Å². The highest BCUT2D eigenvalue weighted by Gasteiger charge is 1.93. The van der Waals surface area contributed by atoms with Crippen molar-refractivity contribution >= 4 is 0 Å². The van der Waals surface area contributed by atoms with Gasteiger partial charge in [0, 0.05) is 0 Å². The van der Waals surface area contributed by atoms with Crippen LogP contribution in [0.5, 0.6) is 0 Å². The molecule has 0 bridgehead atoms. The third-order valence-corrected chi connectivity index (χ3v) is 3.36. The number of rotatable bonds is 13. The fourth-order valence-electron chi connectivity index (χ4n) is 2.20. The molecular weight excluding hydrogens is 230 g/mol. The number of halogens is 2. The maximum Gasteiger partial charge on any atom is 0.266 e. The molecule has 0 N–H and O–H groups in total. The zero-order chi connectivity index (χ0) is 13.5. The van der Waals surface area contributed by atoms with Crippen LogP contribution in [0, 0.1) is 0 Å². The van der Waals surface area contributed by atoms with E-state index in [1.165, 1.54) is 64.2 Å². The lowest BCUT2D eigenvalue weighted by Crippen LogP contribution is -1.82. The van der Waals surface area contributed by atoms with Crippen molar-refractivity contribution in [1.82, 2.24) is 0 Å². The molecule has 18 heavy (non-hydrogen) atoms. The standard InChI is InChI=1S/C16H30F2/c1-2-3-4-5-6-7-8-9-10-11-12-13-14-15-16(17)18/h15H,2-14H2,1H3. The van der Waals surface area contributed by atoms with Crippen LogP contribution in [0.1, 0.15) is 90.4 Å². The zero-order valence-corrected chi connectivity index (χ0v) is 12.0. The molecule has 0 rings (SSSR count). The van der Waals surface area contributed by atoms with E-state index in [0.717, 1.165) is 18.9 Å². The molecule has 0 unspecified atom stereocenters. The van der Waals surface area contributed by atoms with Gasteiger partial charge in [-0.15, -0.1) is 0 Å². The minimum Gasteiger partial charge on any atom is -0.174 e. The van der Waals surface area contributed by atoms with Gasteiger partial charge in [-0.3, -0.25) is 0 Å². The van der Waals surface area contributed by atoms with E-state index >= 15 is 0 Å². The van der Waals surface area contributed by atoms with Crippen molar-refractivity contribution in [3.05, 3.63) is 12.2 Å². The Morgan fingerprint density at radius 3 is 1.44 bits per heavy atom. The van der Waals surface area contributed by atoms with Crippen LogP contribution in [0.25, 0.3) is 0 Å². The van der Waals surface area contributed by atoms with Gasteiger partial charge in [0.15, 0.2) is 0 Å². The molecule has 0 aromatic rings. The van der Waals surface area contributed by atoms with Gasteiger partial charge in [-0.25, -0.2) is 0 Å². The first-order chi connectivity index (χ1) is 8.77. The molecule has 0 radical (unpaired) electrons. The van der Waals surface area contributed by atoms with Crippen molar-refractivity contribution in [1.29, 1.82) is 0 Å². The molecule has 2 heteroatoms. The number of unbranched alkanes of at least 4 members (excludes halogenated alkanes) is 12. The van der Waals surface area contributed by atoms with E-state index in [1.54, 1.807) is 0 Å². The first-order valence-electron chi connectivity index (χ1n) is 7.78. The summed E-state index contributed by atoms with van der Waals surface area (Å²) in [6, 6.07) is 0. The van der Waals surface area contributed by atoms with Crippen molar-refractivity contribution in [3.8, 4) is 0 Å². The third-order valence-electron chi connectivity index (χ3n) is 3.36. The number of hydrogen-bond donors (Lipinski definition) is 0. The number of hydrogen-bond acceptors (Lipinski definition) is 0. The van der Waals surface area contributed by atoms with E-state index in [0.29, 0.717) is 6.42 Å². The lowest BCUT2D eigenvalue weighted by molar-refractivity contribution is 0.416. The fourth-order valence-corrected chi connectivity index (χ4v) is 2.20. The Morgan fingerprint density at radius 1 is 0.667 bits per heavy atom. The summed E-state index contributed by atoms with van der Waals surface area (Å²) in [6.45, 7) is 2.25. The molecule has 0 aliphatic heterocycles. The molecule has 0 saturated heterocycles. The molecule has 0 heterocycles. The highest BCUT2D eigenvalue weighted by molar-refractivity contribution is 4.79. The Bertz CT molecular complexity index is 184. The van der Waals surface area contributed by atoms with E-state index in [1.807, 2.05) is 0 Å². The van der Waals surface area contributed by atoms with Crippen molar-refractivity contribution in [3.63, 3.8) is 0 Å².